The van der Waals surface area contributed by atoms with Crippen LogP contribution in [-0.2, 0) is 0 Å². The first-order valence-electron chi connectivity index (χ1n) is 14.5. The van der Waals surface area contributed by atoms with Gasteiger partial charge in [0.15, 0.2) is 0 Å². The van der Waals surface area contributed by atoms with E-state index in [4.69, 9.17) is 4.74 Å². The summed E-state index contributed by atoms with van der Waals surface area (Å²) in [7, 11) is 2.12. The van der Waals surface area contributed by atoms with Gasteiger partial charge in [0, 0.05) is 24.1 Å². The van der Waals surface area contributed by atoms with Crippen molar-refractivity contribution in [2.24, 2.45) is 0 Å². The lowest BCUT2D eigenvalue weighted by Crippen LogP contribution is -2.19. The molecule has 0 bridgehead atoms. The summed E-state index contributed by atoms with van der Waals surface area (Å²) in [5, 5.41) is 20.2. The van der Waals surface area contributed by atoms with Crippen molar-refractivity contribution in [3.8, 4) is 17.2 Å². The van der Waals surface area contributed by atoms with Crippen LogP contribution in [0.4, 0.5) is 8.78 Å². The summed E-state index contributed by atoms with van der Waals surface area (Å²) < 4.78 is 30.8. The van der Waals surface area contributed by atoms with Crippen LogP contribution >= 0.6 is 0 Å². The Morgan fingerprint density at radius 2 is 1.59 bits per heavy atom. The molecule has 0 radical (unpaired) electrons. The van der Waals surface area contributed by atoms with E-state index in [0.29, 0.717) is 12.2 Å². The number of hydrogen-bond acceptors (Lipinski definition) is 4. The lowest BCUT2D eigenvalue weighted by atomic mass is 9.86. The van der Waals surface area contributed by atoms with Crippen LogP contribution in [0.3, 0.4) is 0 Å². The Labute approximate surface area is 242 Å². The molecule has 4 rings (SSSR count). The molecule has 0 aliphatic carbocycles. The molecule has 6 heteroatoms. The third-order valence-electron chi connectivity index (χ3n) is 7.61. The SMILES string of the molecule is CC1=C(c2cccc(O)c2)C(c2ccc(/C=C\CN(C)CCCCCCCCC(F)F)cc2)Oc2ccc(O)cc21. The van der Waals surface area contributed by atoms with Gasteiger partial charge in [0.25, 0.3) is 0 Å². The van der Waals surface area contributed by atoms with Gasteiger partial charge in [0.1, 0.15) is 23.4 Å². The van der Waals surface area contributed by atoms with Crippen molar-refractivity contribution >= 4 is 17.2 Å². The molecule has 1 unspecified atom stereocenters. The number of fused-ring (bicyclic) bond motifs is 1. The molecule has 1 heterocycles. The zero-order valence-electron chi connectivity index (χ0n) is 24.0. The van der Waals surface area contributed by atoms with Crippen molar-refractivity contribution in [3.05, 3.63) is 95.1 Å². The van der Waals surface area contributed by atoms with Crippen molar-refractivity contribution in [2.75, 3.05) is 20.1 Å². The van der Waals surface area contributed by atoms with Gasteiger partial charge in [0.05, 0.1) is 0 Å². The van der Waals surface area contributed by atoms with Gasteiger partial charge in [-0.05, 0) is 86.0 Å². The Kier molecular flexibility index (Phi) is 11.0. The molecule has 0 spiro atoms. The normalized spacial score (nSPS) is 15.1. The molecule has 218 valence electrons. The van der Waals surface area contributed by atoms with Crippen LogP contribution in [-0.4, -0.2) is 41.7 Å². The summed E-state index contributed by atoms with van der Waals surface area (Å²) in [5.41, 5.74) is 5.78. The quantitative estimate of drug-likeness (QED) is 0.193. The number of hydrogen-bond donors (Lipinski definition) is 2. The Hall–Kier alpha value is -3.64. The number of rotatable bonds is 14. The number of nitrogens with zero attached hydrogens (tertiary/aromatic N) is 1. The van der Waals surface area contributed by atoms with E-state index in [1.54, 1.807) is 30.3 Å². The Morgan fingerprint density at radius 1 is 0.878 bits per heavy atom. The predicted octanol–water partition coefficient (Wildman–Crippen LogP) is 9.10. The van der Waals surface area contributed by atoms with E-state index in [-0.39, 0.29) is 24.0 Å². The monoisotopic (exact) mass is 561 g/mol. The largest absolute Gasteiger partial charge is 0.508 e. The lowest BCUT2D eigenvalue weighted by molar-refractivity contribution is 0.133. The maximum Gasteiger partial charge on any atom is 0.238 e. The average Bonchev–Trinajstić information content (AvgIpc) is 2.95. The minimum absolute atomic E-state index is 0.0314. The highest BCUT2D eigenvalue weighted by molar-refractivity contribution is 5.95. The number of aromatic hydroxyl groups is 2. The number of allylic oxidation sites excluding steroid dienone is 1. The number of halogens is 2. The molecular formula is C35H41F2NO3. The summed E-state index contributed by atoms with van der Waals surface area (Å²) in [5.74, 6) is 1.09. The van der Waals surface area contributed by atoms with Gasteiger partial charge in [-0.3, -0.25) is 0 Å². The summed E-state index contributed by atoms with van der Waals surface area (Å²) in [6.45, 7) is 3.90. The molecule has 3 aromatic carbocycles. The molecular weight excluding hydrogens is 520 g/mol. The first-order chi connectivity index (χ1) is 19.8. The Bertz CT molecular complexity index is 1330. The van der Waals surface area contributed by atoms with E-state index in [0.717, 1.165) is 78.6 Å². The molecule has 1 aliphatic rings. The number of alkyl halides is 2. The van der Waals surface area contributed by atoms with Gasteiger partial charge >= 0.3 is 0 Å². The fourth-order valence-electron chi connectivity index (χ4n) is 5.35. The van der Waals surface area contributed by atoms with E-state index in [1.165, 1.54) is 0 Å². The van der Waals surface area contributed by atoms with Crippen LogP contribution in [0, 0.1) is 0 Å². The predicted molar refractivity (Wildman–Crippen MR) is 163 cm³/mol. The number of benzene rings is 3. The molecule has 0 saturated carbocycles. The smallest absolute Gasteiger partial charge is 0.238 e. The van der Waals surface area contributed by atoms with Crippen LogP contribution in [0.2, 0.25) is 0 Å². The van der Waals surface area contributed by atoms with E-state index >= 15 is 0 Å². The summed E-state index contributed by atoms with van der Waals surface area (Å²) in [6, 6.07) is 20.7. The summed E-state index contributed by atoms with van der Waals surface area (Å²) in [6.07, 6.45) is 7.74. The van der Waals surface area contributed by atoms with Crippen LogP contribution in [0.15, 0.2) is 72.8 Å². The van der Waals surface area contributed by atoms with Gasteiger partial charge in [-0.1, -0.05) is 74.2 Å². The maximum atomic E-state index is 12.2. The number of phenols is 2. The number of likely N-dealkylation sites (N-methyl/N-ethyl adjacent to an activating group) is 1. The third kappa shape index (κ3) is 8.67. The zero-order valence-corrected chi connectivity index (χ0v) is 24.0. The summed E-state index contributed by atoms with van der Waals surface area (Å²) >= 11 is 0. The molecule has 41 heavy (non-hydrogen) atoms. The van der Waals surface area contributed by atoms with E-state index in [1.807, 2.05) is 19.1 Å². The highest BCUT2D eigenvalue weighted by atomic mass is 19.3. The molecule has 4 nitrogen and oxygen atoms in total. The minimum Gasteiger partial charge on any atom is -0.508 e. The Morgan fingerprint density at radius 3 is 2.32 bits per heavy atom. The number of phenolic OH excluding ortho intramolecular Hbond substituents is 2. The molecule has 0 fully saturated rings. The first-order valence-corrected chi connectivity index (χ1v) is 14.5. The topological polar surface area (TPSA) is 52.9 Å². The van der Waals surface area contributed by atoms with Gasteiger partial charge in [-0.25, -0.2) is 8.78 Å². The standard InChI is InChI=1S/C35H41F2NO3/c1-25-31-24-30(40)19-20-32(31)41-35(34(25)28-12-9-13-29(39)23-28)27-17-15-26(16-18-27)11-10-22-38(2)21-8-6-4-3-5-7-14-33(36)37/h9-13,15-20,23-24,33,35,39-40H,3-8,14,21-22H2,1-2H3/b11-10-. The van der Waals surface area contributed by atoms with Crippen LogP contribution < -0.4 is 4.74 Å². The zero-order chi connectivity index (χ0) is 29.2. The van der Waals surface area contributed by atoms with Crippen LogP contribution in [0.5, 0.6) is 17.2 Å². The van der Waals surface area contributed by atoms with Crippen molar-refractivity contribution in [1.29, 1.82) is 0 Å². The van der Waals surface area contributed by atoms with Crippen molar-refractivity contribution < 1.29 is 23.7 Å². The fraction of sp³-hybridized carbons (Fsp3) is 0.371. The average molecular weight is 562 g/mol. The number of ether oxygens (including phenoxy) is 1. The lowest BCUT2D eigenvalue weighted by Gasteiger charge is -2.31. The van der Waals surface area contributed by atoms with Crippen molar-refractivity contribution in [3.63, 3.8) is 0 Å². The first kappa shape index (κ1) is 30.3. The van der Waals surface area contributed by atoms with Gasteiger partial charge < -0.3 is 19.8 Å². The van der Waals surface area contributed by atoms with Crippen molar-refractivity contribution in [2.45, 2.75) is 64.4 Å². The molecule has 0 aromatic heterocycles. The minimum atomic E-state index is -2.17. The molecule has 1 aliphatic heterocycles. The fourth-order valence-corrected chi connectivity index (χ4v) is 5.35. The van der Waals surface area contributed by atoms with Gasteiger partial charge in [-0.15, -0.1) is 0 Å². The van der Waals surface area contributed by atoms with Crippen LogP contribution in [0.25, 0.3) is 17.2 Å². The van der Waals surface area contributed by atoms with Crippen LogP contribution in [0.1, 0.15) is 80.2 Å². The molecule has 2 N–H and O–H groups in total. The number of unbranched alkanes of at least 4 members (excludes halogenated alkanes) is 5. The molecule has 0 saturated heterocycles. The second kappa shape index (κ2) is 14.8. The highest BCUT2D eigenvalue weighted by Crippen LogP contribution is 2.47. The third-order valence-corrected chi connectivity index (χ3v) is 7.61. The van der Waals surface area contributed by atoms with Crippen molar-refractivity contribution in [1.82, 2.24) is 4.90 Å². The van der Waals surface area contributed by atoms with Gasteiger partial charge in [-0.2, -0.15) is 0 Å². The Balaban J connectivity index is 1.35. The van der Waals surface area contributed by atoms with E-state index in [2.05, 4.69) is 48.4 Å². The second-order valence-corrected chi connectivity index (χ2v) is 10.9. The second-order valence-electron chi connectivity index (χ2n) is 10.9. The van der Waals surface area contributed by atoms with E-state index in [9.17, 15) is 19.0 Å². The molecule has 1 atom stereocenters. The highest BCUT2D eigenvalue weighted by Gasteiger charge is 2.29. The molecule has 3 aromatic rings. The maximum absolute atomic E-state index is 12.2. The van der Waals surface area contributed by atoms with Gasteiger partial charge in [0.2, 0.25) is 6.43 Å². The summed E-state index contributed by atoms with van der Waals surface area (Å²) in [4.78, 5) is 2.29. The van der Waals surface area contributed by atoms with E-state index < -0.39 is 6.43 Å². The molecule has 0 amide bonds.